The fourth-order valence-corrected chi connectivity index (χ4v) is 5.82. The van der Waals surface area contributed by atoms with Gasteiger partial charge in [-0.25, -0.2) is 21.6 Å². The summed E-state index contributed by atoms with van der Waals surface area (Å²) in [5.74, 6) is -3.77. The second kappa shape index (κ2) is 9.67. The monoisotopic (exact) mass is 521 g/mol. The maximum atomic E-state index is 14.0. The molecule has 0 aliphatic carbocycles. The number of ether oxygens (including phenoxy) is 2. The van der Waals surface area contributed by atoms with Gasteiger partial charge in [-0.2, -0.15) is 0 Å². The summed E-state index contributed by atoms with van der Waals surface area (Å²) in [6.45, 7) is 0. The van der Waals surface area contributed by atoms with E-state index in [1.165, 1.54) is 32.4 Å². The number of methoxy groups -OCH3 is 2. The number of anilines is 1. The van der Waals surface area contributed by atoms with E-state index in [-0.39, 0.29) is 15.5 Å². The van der Waals surface area contributed by atoms with E-state index < -0.39 is 44.5 Å². The molecule has 0 saturated carbocycles. The lowest BCUT2D eigenvalue weighted by Gasteiger charge is -2.20. The van der Waals surface area contributed by atoms with Crippen molar-refractivity contribution >= 4 is 39.3 Å². The number of carbonyl (C=O) groups excluding carboxylic acids is 1. The van der Waals surface area contributed by atoms with Crippen molar-refractivity contribution in [3.05, 3.63) is 82.0 Å². The molecular weight excluding hydrogens is 503 g/mol. The number of hydrogen-bond acceptors (Lipinski definition) is 6. The molecule has 35 heavy (non-hydrogen) atoms. The number of thioether (sulfide) groups is 1. The third kappa shape index (κ3) is 5.01. The molecule has 0 spiro atoms. The molecular formula is C24H18F3NO5S2. The van der Waals surface area contributed by atoms with Crippen molar-refractivity contribution in [3.63, 3.8) is 0 Å². The van der Waals surface area contributed by atoms with Crippen LogP contribution in [0.25, 0.3) is 6.08 Å². The normalized spacial score (nSPS) is 14.4. The molecule has 0 aromatic heterocycles. The first kappa shape index (κ1) is 24.7. The van der Waals surface area contributed by atoms with Gasteiger partial charge in [-0.15, -0.1) is 0 Å². The third-order valence-corrected chi connectivity index (χ3v) is 7.93. The fraction of sp³-hybridized carbons (Fsp3) is 0.125. The molecule has 3 aromatic carbocycles. The van der Waals surface area contributed by atoms with Crippen molar-refractivity contribution in [2.75, 3.05) is 19.5 Å². The minimum Gasteiger partial charge on any atom is -0.496 e. The number of carbonyl (C=O) groups is 1. The number of fused-ring (bicyclic) bond motifs is 1. The maximum Gasteiger partial charge on any atom is 0.262 e. The SMILES string of the molecule is COc1cccc(OC)c1CS(=O)(=O)c1ccc2c(c1)NC(=O)/C(=C\c1c(F)cc(F)cc1F)S2. The molecule has 0 saturated heterocycles. The van der Waals surface area contributed by atoms with Crippen LogP contribution in [0.15, 0.2) is 63.2 Å². The van der Waals surface area contributed by atoms with Crippen molar-refractivity contribution in [2.45, 2.75) is 15.5 Å². The number of nitrogens with one attached hydrogen (secondary N) is 1. The van der Waals surface area contributed by atoms with E-state index in [0.717, 1.165) is 17.8 Å². The molecule has 6 nitrogen and oxygen atoms in total. The topological polar surface area (TPSA) is 81.7 Å². The first-order chi connectivity index (χ1) is 16.6. The summed E-state index contributed by atoms with van der Waals surface area (Å²) >= 11 is 0.904. The Balaban J connectivity index is 1.65. The summed E-state index contributed by atoms with van der Waals surface area (Å²) in [5.41, 5.74) is 0.0184. The van der Waals surface area contributed by atoms with Crippen LogP contribution in [0.5, 0.6) is 11.5 Å². The fourth-order valence-electron chi connectivity index (χ4n) is 3.50. The quantitative estimate of drug-likeness (QED) is 0.450. The Morgan fingerprint density at radius 3 is 2.20 bits per heavy atom. The van der Waals surface area contributed by atoms with Gasteiger partial charge < -0.3 is 14.8 Å². The van der Waals surface area contributed by atoms with Gasteiger partial charge in [0.15, 0.2) is 9.84 Å². The van der Waals surface area contributed by atoms with Crippen molar-refractivity contribution in [1.29, 1.82) is 0 Å². The second-order valence-electron chi connectivity index (χ2n) is 7.41. The predicted octanol–water partition coefficient (Wildman–Crippen LogP) is 5.18. The highest BCUT2D eigenvalue weighted by molar-refractivity contribution is 8.04. The molecule has 182 valence electrons. The van der Waals surface area contributed by atoms with Gasteiger partial charge in [0, 0.05) is 22.6 Å². The van der Waals surface area contributed by atoms with Gasteiger partial charge >= 0.3 is 0 Å². The van der Waals surface area contributed by atoms with Crippen LogP contribution < -0.4 is 14.8 Å². The minimum absolute atomic E-state index is 0.0451. The maximum absolute atomic E-state index is 14.0. The van der Waals surface area contributed by atoms with Gasteiger partial charge in [-0.1, -0.05) is 17.8 Å². The van der Waals surface area contributed by atoms with E-state index in [9.17, 15) is 26.4 Å². The highest BCUT2D eigenvalue weighted by atomic mass is 32.2. The average Bonchev–Trinajstić information content (AvgIpc) is 2.81. The average molecular weight is 522 g/mol. The molecule has 0 unspecified atom stereocenters. The summed E-state index contributed by atoms with van der Waals surface area (Å²) in [7, 11) is -1.03. The van der Waals surface area contributed by atoms with Gasteiger partial charge in [-0.3, -0.25) is 4.79 Å². The first-order valence-corrected chi connectivity index (χ1v) is 12.5. The molecule has 4 rings (SSSR count). The smallest absolute Gasteiger partial charge is 0.262 e. The number of benzene rings is 3. The van der Waals surface area contributed by atoms with Gasteiger partial charge in [0.05, 0.1) is 41.0 Å². The van der Waals surface area contributed by atoms with Crippen molar-refractivity contribution in [1.82, 2.24) is 0 Å². The van der Waals surface area contributed by atoms with E-state index in [0.29, 0.717) is 34.1 Å². The molecule has 3 aromatic rings. The van der Waals surface area contributed by atoms with Crippen LogP contribution in [0.2, 0.25) is 0 Å². The van der Waals surface area contributed by atoms with E-state index in [1.807, 2.05) is 0 Å². The molecule has 11 heteroatoms. The number of rotatable bonds is 6. The largest absolute Gasteiger partial charge is 0.496 e. The van der Waals surface area contributed by atoms with Gasteiger partial charge in [0.25, 0.3) is 5.91 Å². The number of halogens is 3. The molecule has 1 N–H and O–H groups in total. The predicted molar refractivity (Wildman–Crippen MR) is 126 cm³/mol. The molecule has 1 aliphatic rings. The van der Waals surface area contributed by atoms with Crippen LogP contribution in [-0.2, 0) is 20.4 Å². The van der Waals surface area contributed by atoms with Crippen molar-refractivity contribution in [3.8, 4) is 11.5 Å². The molecule has 1 amide bonds. The Morgan fingerprint density at radius 1 is 0.971 bits per heavy atom. The summed E-state index contributed by atoms with van der Waals surface area (Å²) in [6.07, 6.45) is 0.978. The van der Waals surface area contributed by atoms with Crippen molar-refractivity contribution < 1.29 is 35.9 Å². The van der Waals surface area contributed by atoms with Crippen LogP contribution >= 0.6 is 11.8 Å². The Hall–Kier alpha value is -3.44. The summed E-state index contributed by atoms with van der Waals surface area (Å²) < 4.78 is 78.0. The molecule has 1 aliphatic heterocycles. The van der Waals surface area contributed by atoms with Crippen LogP contribution in [0.4, 0.5) is 18.9 Å². The lowest BCUT2D eigenvalue weighted by Crippen LogP contribution is -2.18. The van der Waals surface area contributed by atoms with E-state index >= 15 is 0 Å². The van der Waals surface area contributed by atoms with E-state index in [1.54, 1.807) is 18.2 Å². The lowest BCUT2D eigenvalue weighted by atomic mass is 10.1. The number of amides is 1. The molecule has 0 atom stereocenters. The van der Waals surface area contributed by atoms with Crippen LogP contribution in [-0.4, -0.2) is 28.5 Å². The number of sulfone groups is 1. The van der Waals surface area contributed by atoms with Crippen LogP contribution in [0.3, 0.4) is 0 Å². The molecule has 0 bridgehead atoms. The summed E-state index contributed by atoms with van der Waals surface area (Å²) in [4.78, 5) is 12.9. The van der Waals surface area contributed by atoms with E-state index in [4.69, 9.17) is 9.47 Å². The zero-order valence-electron chi connectivity index (χ0n) is 18.4. The minimum atomic E-state index is -3.88. The standard InChI is InChI=1S/C24H18F3NO5S2/c1-32-20-4-3-5-21(33-2)16(20)12-35(30,31)14-6-7-22-19(10-14)28-24(29)23(34-22)11-15-17(26)8-13(25)9-18(15)27/h3-11H,12H2,1-2H3,(H,28,29)/b23-11+. The molecule has 0 radical (unpaired) electrons. The highest BCUT2D eigenvalue weighted by Crippen LogP contribution is 2.41. The number of hydrogen-bond donors (Lipinski definition) is 1. The zero-order valence-corrected chi connectivity index (χ0v) is 20.0. The summed E-state index contributed by atoms with van der Waals surface area (Å²) in [6, 6.07) is 10.1. The van der Waals surface area contributed by atoms with Crippen LogP contribution in [0.1, 0.15) is 11.1 Å². The van der Waals surface area contributed by atoms with Gasteiger partial charge in [-0.05, 0) is 36.4 Å². The Kier molecular flexibility index (Phi) is 6.82. The Bertz CT molecular complexity index is 1430. The second-order valence-corrected chi connectivity index (χ2v) is 10.5. The Labute approximate surface area is 203 Å². The van der Waals surface area contributed by atoms with Crippen LogP contribution in [0, 0.1) is 17.5 Å². The Morgan fingerprint density at radius 2 is 1.60 bits per heavy atom. The van der Waals surface area contributed by atoms with Gasteiger partial charge in [0.2, 0.25) is 0 Å². The van der Waals surface area contributed by atoms with Gasteiger partial charge in [0.1, 0.15) is 29.0 Å². The van der Waals surface area contributed by atoms with E-state index in [2.05, 4.69) is 5.32 Å². The zero-order chi connectivity index (χ0) is 25.3. The van der Waals surface area contributed by atoms with Crippen molar-refractivity contribution in [2.24, 2.45) is 0 Å². The summed E-state index contributed by atoms with van der Waals surface area (Å²) in [5, 5.41) is 2.54. The third-order valence-electron chi connectivity index (χ3n) is 5.19. The highest BCUT2D eigenvalue weighted by Gasteiger charge is 2.26. The molecule has 0 fully saturated rings. The lowest BCUT2D eigenvalue weighted by molar-refractivity contribution is -0.112. The first-order valence-electron chi connectivity index (χ1n) is 10.0. The molecule has 1 heterocycles.